The van der Waals surface area contributed by atoms with Crippen LogP contribution in [0.4, 0.5) is 4.79 Å². The minimum atomic E-state index is -1.05. The van der Waals surface area contributed by atoms with Crippen molar-refractivity contribution >= 4 is 12.0 Å². The summed E-state index contributed by atoms with van der Waals surface area (Å²) < 4.78 is 0. The van der Waals surface area contributed by atoms with Gasteiger partial charge in [-0.25, -0.2) is 9.59 Å². The predicted octanol–water partition coefficient (Wildman–Crippen LogP) is -0.738. The Morgan fingerprint density at radius 3 is 2.42 bits per heavy atom. The lowest BCUT2D eigenvalue weighted by atomic mass is 10.2. The fraction of sp³-hybridized carbons (Fsp3) is 0.833. The van der Waals surface area contributed by atoms with Crippen LogP contribution in [0.1, 0.15) is 13.3 Å². The number of likely N-dealkylation sites (tertiary alicyclic amines) is 1. The Labute approximate surface area is 112 Å². The second-order valence-electron chi connectivity index (χ2n) is 5.48. The van der Waals surface area contributed by atoms with E-state index in [2.05, 4.69) is 4.90 Å². The Balaban J connectivity index is 2.08. The number of aliphatic hydroxyl groups is 1. The number of β-amino-alcohol motifs (C(OH)–C–C–N with tert-alkyl or cyclic N) is 1. The van der Waals surface area contributed by atoms with Crippen LogP contribution in [-0.2, 0) is 4.79 Å². The van der Waals surface area contributed by atoms with Gasteiger partial charge in [0.2, 0.25) is 0 Å². The Morgan fingerprint density at radius 2 is 1.84 bits per heavy atom. The van der Waals surface area contributed by atoms with Gasteiger partial charge in [0, 0.05) is 38.6 Å². The number of hydrogen-bond acceptors (Lipinski definition) is 4. The van der Waals surface area contributed by atoms with Gasteiger partial charge in [0.25, 0.3) is 0 Å². The van der Waals surface area contributed by atoms with Gasteiger partial charge in [0.15, 0.2) is 0 Å². The number of aliphatic carboxylic acids is 1. The topological polar surface area (TPSA) is 84.3 Å². The van der Waals surface area contributed by atoms with E-state index < -0.39 is 18.1 Å². The lowest BCUT2D eigenvalue weighted by molar-refractivity contribution is -0.141. The van der Waals surface area contributed by atoms with Gasteiger partial charge in [-0.15, -0.1) is 0 Å². The average molecular weight is 271 g/mol. The molecule has 2 fully saturated rings. The van der Waals surface area contributed by atoms with Gasteiger partial charge >= 0.3 is 12.0 Å². The molecule has 2 amide bonds. The van der Waals surface area contributed by atoms with E-state index in [1.54, 1.807) is 4.90 Å². The molecule has 19 heavy (non-hydrogen) atoms. The van der Waals surface area contributed by atoms with Gasteiger partial charge in [-0.2, -0.15) is 0 Å². The molecule has 0 saturated carbocycles. The van der Waals surface area contributed by atoms with E-state index in [0.29, 0.717) is 6.54 Å². The zero-order chi connectivity index (χ0) is 14.2. The van der Waals surface area contributed by atoms with Crippen LogP contribution in [0.5, 0.6) is 0 Å². The molecule has 2 saturated heterocycles. The van der Waals surface area contributed by atoms with E-state index in [9.17, 15) is 14.7 Å². The molecule has 7 heteroatoms. The molecule has 0 aromatic heterocycles. The number of aliphatic hydroxyl groups excluding tert-OH is 1. The fourth-order valence-electron chi connectivity index (χ4n) is 2.85. The van der Waals surface area contributed by atoms with E-state index >= 15 is 0 Å². The number of rotatable bonds is 1. The first-order valence-corrected chi connectivity index (χ1v) is 6.56. The number of carboxylic acids is 1. The van der Waals surface area contributed by atoms with Crippen molar-refractivity contribution in [2.24, 2.45) is 0 Å². The third kappa shape index (κ3) is 2.82. The molecular weight excluding hydrogens is 250 g/mol. The molecule has 2 heterocycles. The van der Waals surface area contributed by atoms with Crippen LogP contribution < -0.4 is 0 Å². The average Bonchev–Trinajstić information content (AvgIpc) is 2.70. The van der Waals surface area contributed by atoms with Gasteiger partial charge in [-0.05, 0) is 14.0 Å². The standard InChI is InChI=1S/C12H21N3O4/c1-8-6-13(2)3-4-14(8)12(19)15-7-9(16)5-10(15)11(17)18/h8-10,16H,3-7H2,1-2H3,(H,17,18). The zero-order valence-corrected chi connectivity index (χ0v) is 11.3. The molecule has 2 N–H and O–H groups in total. The monoisotopic (exact) mass is 271 g/mol. The maximum Gasteiger partial charge on any atom is 0.326 e. The minimum Gasteiger partial charge on any atom is -0.480 e. The Bertz CT molecular complexity index is 376. The highest BCUT2D eigenvalue weighted by Crippen LogP contribution is 2.21. The summed E-state index contributed by atoms with van der Waals surface area (Å²) in [5, 5.41) is 18.7. The Kier molecular flexibility index (Phi) is 3.96. The van der Waals surface area contributed by atoms with Gasteiger partial charge in [-0.3, -0.25) is 0 Å². The van der Waals surface area contributed by atoms with E-state index in [-0.39, 0.29) is 25.0 Å². The Morgan fingerprint density at radius 1 is 1.16 bits per heavy atom. The second kappa shape index (κ2) is 5.34. The summed E-state index contributed by atoms with van der Waals surface area (Å²) in [4.78, 5) is 28.7. The first-order valence-electron chi connectivity index (χ1n) is 6.56. The number of urea groups is 1. The highest BCUT2D eigenvalue weighted by atomic mass is 16.4. The molecule has 0 aromatic carbocycles. The summed E-state index contributed by atoms with van der Waals surface area (Å²) in [5.41, 5.74) is 0. The first-order chi connectivity index (χ1) is 8.90. The normalized spacial score (nSPS) is 32.7. The molecule has 0 radical (unpaired) electrons. The van der Waals surface area contributed by atoms with Crippen LogP contribution in [0.2, 0.25) is 0 Å². The predicted molar refractivity (Wildman–Crippen MR) is 67.8 cm³/mol. The second-order valence-corrected chi connectivity index (χ2v) is 5.48. The summed E-state index contributed by atoms with van der Waals surface area (Å²) in [5.74, 6) is -1.05. The largest absolute Gasteiger partial charge is 0.480 e. The third-order valence-electron chi connectivity index (χ3n) is 3.89. The maximum atomic E-state index is 12.4. The summed E-state index contributed by atoms with van der Waals surface area (Å²) in [7, 11) is 2.00. The summed E-state index contributed by atoms with van der Waals surface area (Å²) in [6.45, 7) is 4.21. The van der Waals surface area contributed by atoms with E-state index in [4.69, 9.17) is 5.11 Å². The third-order valence-corrected chi connectivity index (χ3v) is 3.89. The van der Waals surface area contributed by atoms with Crippen LogP contribution in [-0.4, -0.2) is 88.3 Å². The summed E-state index contributed by atoms with van der Waals surface area (Å²) in [6, 6.07) is -1.13. The molecule has 2 aliphatic rings. The summed E-state index contributed by atoms with van der Waals surface area (Å²) >= 11 is 0. The molecule has 7 nitrogen and oxygen atoms in total. The molecule has 0 spiro atoms. The van der Waals surface area contributed by atoms with E-state index in [1.807, 2.05) is 14.0 Å². The van der Waals surface area contributed by atoms with Gasteiger partial charge in [0.1, 0.15) is 6.04 Å². The number of amides is 2. The maximum absolute atomic E-state index is 12.4. The van der Waals surface area contributed by atoms with Crippen LogP contribution in [0, 0.1) is 0 Å². The minimum absolute atomic E-state index is 0.0541. The van der Waals surface area contributed by atoms with Crippen molar-refractivity contribution in [2.75, 3.05) is 33.2 Å². The molecular formula is C12H21N3O4. The van der Waals surface area contributed by atoms with Gasteiger partial charge in [0.05, 0.1) is 6.10 Å². The number of carbonyl (C=O) groups is 2. The van der Waals surface area contributed by atoms with Crippen LogP contribution in [0.25, 0.3) is 0 Å². The fourth-order valence-corrected chi connectivity index (χ4v) is 2.85. The first kappa shape index (κ1) is 14.1. The van der Waals surface area contributed by atoms with Crippen LogP contribution in [0.15, 0.2) is 0 Å². The lowest BCUT2D eigenvalue weighted by Gasteiger charge is -2.40. The van der Waals surface area contributed by atoms with Crippen molar-refractivity contribution in [3.63, 3.8) is 0 Å². The SMILES string of the molecule is CC1CN(C)CCN1C(=O)N1CC(O)CC1C(=O)O. The number of likely N-dealkylation sites (N-methyl/N-ethyl adjacent to an activating group) is 1. The molecule has 3 atom stereocenters. The van der Waals surface area contributed by atoms with Crippen LogP contribution in [0.3, 0.4) is 0 Å². The van der Waals surface area contributed by atoms with Crippen molar-refractivity contribution in [3.8, 4) is 0 Å². The molecule has 0 aliphatic carbocycles. The molecule has 3 unspecified atom stereocenters. The quantitative estimate of drug-likeness (QED) is 0.656. The zero-order valence-electron chi connectivity index (χ0n) is 11.3. The molecule has 0 bridgehead atoms. The smallest absolute Gasteiger partial charge is 0.326 e. The van der Waals surface area contributed by atoms with E-state index in [1.165, 1.54) is 4.90 Å². The number of carbonyl (C=O) groups excluding carboxylic acids is 1. The van der Waals surface area contributed by atoms with E-state index in [0.717, 1.165) is 13.1 Å². The molecule has 0 aromatic rings. The van der Waals surface area contributed by atoms with Crippen molar-refractivity contribution < 1.29 is 19.8 Å². The van der Waals surface area contributed by atoms with Crippen molar-refractivity contribution in [2.45, 2.75) is 31.5 Å². The highest BCUT2D eigenvalue weighted by Gasteiger charge is 2.42. The lowest BCUT2D eigenvalue weighted by Crippen LogP contribution is -2.57. The van der Waals surface area contributed by atoms with Crippen molar-refractivity contribution in [1.29, 1.82) is 0 Å². The van der Waals surface area contributed by atoms with Crippen molar-refractivity contribution in [3.05, 3.63) is 0 Å². The number of piperazine rings is 1. The number of nitrogens with zero attached hydrogens (tertiary/aromatic N) is 3. The highest BCUT2D eigenvalue weighted by molar-refractivity contribution is 5.83. The van der Waals surface area contributed by atoms with Gasteiger partial charge < -0.3 is 24.9 Å². The molecule has 108 valence electrons. The van der Waals surface area contributed by atoms with Crippen LogP contribution >= 0.6 is 0 Å². The molecule has 2 rings (SSSR count). The Hall–Kier alpha value is -1.34. The van der Waals surface area contributed by atoms with Gasteiger partial charge in [-0.1, -0.05) is 0 Å². The molecule has 2 aliphatic heterocycles. The van der Waals surface area contributed by atoms with Crippen molar-refractivity contribution in [1.82, 2.24) is 14.7 Å². The number of hydrogen-bond donors (Lipinski definition) is 2. The number of carboxylic acid groups (broad SMARTS) is 1. The summed E-state index contributed by atoms with van der Waals surface area (Å²) in [6.07, 6.45) is -0.628.